The lowest BCUT2D eigenvalue weighted by Crippen LogP contribution is -2.29. The molecule has 1 rings (SSSR count). The van der Waals surface area contributed by atoms with Crippen LogP contribution in [-0.2, 0) is 16.1 Å². The molecule has 0 saturated carbocycles. The molecule has 0 aliphatic heterocycles. The molecule has 0 fully saturated rings. The Morgan fingerprint density at radius 1 is 1.41 bits per heavy atom. The highest BCUT2D eigenvalue weighted by Crippen LogP contribution is 2.13. The number of carbonyl (C=O) groups is 2. The number of hydrogen-bond donors (Lipinski definition) is 3. The highest BCUT2D eigenvalue weighted by molar-refractivity contribution is 5.90. The molecule has 22 heavy (non-hydrogen) atoms. The highest BCUT2D eigenvalue weighted by Gasteiger charge is 2.19. The van der Waals surface area contributed by atoms with Crippen LogP contribution < -0.4 is 5.32 Å². The molecule has 6 nitrogen and oxygen atoms in total. The molecular formula is C16H26N2O4. The average Bonchev–Trinajstić information content (AvgIpc) is 2.78. The minimum Gasteiger partial charge on any atom is -0.481 e. The van der Waals surface area contributed by atoms with Gasteiger partial charge in [0.25, 0.3) is 0 Å². The van der Waals surface area contributed by atoms with Crippen LogP contribution in [0.2, 0.25) is 0 Å². The Hall–Kier alpha value is -1.82. The van der Waals surface area contributed by atoms with E-state index in [0.29, 0.717) is 37.6 Å². The molecular weight excluding hydrogens is 284 g/mol. The number of carbonyl (C=O) groups excluding carboxylic acids is 1. The van der Waals surface area contributed by atoms with E-state index in [1.54, 1.807) is 13.0 Å². The van der Waals surface area contributed by atoms with Crippen LogP contribution in [-0.4, -0.2) is 35.2 Å². The standard InChI is InChI=1S/C16H26N2O4/c1-5-22-16(21)14-7-13(18-11(14)4)9-17-8-12(15(19)20)6-10(2)3/h7,10,12,17-18H,5-6,8-9H2,1-4H3,(H,19,20). The van der Waals surface area contributed by atoms with Gasteiger partial charge in [-0.2, -0.15) is 0 Å². The van der Waals surface area contributed by atoms with E-state index >= 15 is 0 Å². The molecule has 1 heterocycles. The summed E-state index contributed by atoms with van der Waals surface area (Å²) in [5.74, 6) is -1.19. The van der Waals surface area contributed by atoms with Crippen molar-refractivity contribution >= 4 is 11.9 Å². The Balaban J connectivity index is 2.56. The predicted octanol–water partition coefficient (Wildman–Crippen LogP) is 2.34. The lowest BCUT2D eigenvalue weighted by molar-refractivity contribution is -0.142. The van der Waals surface area contributed by atoms with E-state index in [-0.39, 0.29) is 5.97 Å². The molecule has 1 aromatic heterocycles. The number of aryl methyl sites for hydroxylation is 1. The molecule has 0 aromatic carbocycles. The van der Waals surface area contributed by atoms with Crippen molar-refractivity contribution in [3.8, 4) is 0 Å². The third-order valence-corrected chi connectivity index (χ3v) is 3.38. The van der Waals surface area contributed by atoms with Crippen molar-refractivity contribution in [2.24, 2.45) is 11.8 Å². The zero-order valence-electron chi connectivity index (χ0n) is 13.7. The van der Waals surface area contributed by atoms with Crippen molar-refractivity contribution < 1.29 is 19.4 Å². The van der Waals surface area contributed by atoms with Gasteiger partial charge < -0.3 is 20.1 Å². The van der Waals surface area contributed by atoms with Crippen molar-refractivity contribution in [2.45, 2.75) is 40.7 Å². The molecule has 6 heteroatoms. The largest absolute Gasteiger partial charge is 0.481 e. The Kier molecular flexibility index (Phi) is 7.11. The van der Waals surface area contributed by atoms with E-state index < -0.39 is 11.9 Å². The van der Waals surface area contributed by atoms with Crippen LogP contribution in [0.25, 0.3) is 0 Å². The number of esters is 1. The first-order valence-corrected chi connectivity index (χ1v) is 7.64. The predicted molar refractivity (Wildman–Crippen MR) is 83.8 cm³/mol. The van der Waals surface area contributed by atoms with Crippen molar-refractivity contribution in [1.29, 1.82) is 0 Å². The van der Waals surface area contributed by atoms with Gasteiger partial charge in [-0.1, -0.05) is 13.8 Å². The highest BCUT2D eigenvalue weighted by atomic mass is 16.5. The van der Waals surface area contributed by atoms with E-state index in [1.165, 1.54) is 0 Å². The van der Waals surface area contributed by atoms with E-state index in [1.807, 2.05) is 20.8 Å². The molecule has 3 N–H and O–H groups in total. The molecule has 1 aromatic rings. The van der Waals surface area contributed by atoms with Gasteiger partial charge >= 0.3 is 11.9 Å². The first-order chi connectivity index (χ1) is 10.3. The summed E-state index contributed by atoms with van der Waals surface area (Å²) >= 11 is 0. The lowest BCUT2D eigenvalue weighted by Gasteiger charge is -2.15. The van der Waals surface area contributed by atoms with Gasteiger partial charge in [-0.3, -0.25) is 4.79 Å². The maximum atomic E-state index is 11.7. The van der Waals surface area contributed by atoms with Gasteiger partial charge in [0.05, 0.1) is 18.1 Å². The molecule has 1 atom stereocenters. The van der Waals surface area contributed by atoms with Crippen LogP contribution in [0.1, 0.15) is 48.9 Å². The number of carboxylic acid groups (broad SMARTS) is 1. The first-order valence-electron chi connectivity index (χ1n) is 7.64. The smallest absolute Gasteiger partial charge is 0.339 e. The molecule has 1 unspecified atom stereocenters. The summed E-state index contributed by atoms with van der Waals surface area (Å²) in [6.45, 7) is 8.83. The number of aromatic nitrogens is 1. The minimum absolute atomic E-state index is 0.339. The summed E-state index contributed by atoms with van der Waals surface area (Å²) < 4.78 is 4.98. The van der Waals surface area contributed by atoms with Gasteiger partial charge in [0.1, 0.15) is 0 Å². The van der Waals surface area contributed by atoms with Crippen molar-refractivity contribution in [3.63, 3.8) is 0 Å². The first kappa shape index (κ1) is 18.2. The average molecular weight is 310 g/mol. The topological polar surface area (TPSA) is 91.4 Å². The molecule has 0 radical (unpaired) electrons. The SMILES string of the molecule is CCOC(=O)c1cc(CNCC(CC(C)C)C(=O)O)[nH]c1C. The molecule has 0 spiro atoms. The second-order valence-electron chi connectivity index (χ2n) is 5.85. The van der Waals surface area contributed by atoms with E-state index in [4.69, 9.17) is 4.74 Å². The fourth-order valence-corrected chi connectivity index (χ4v) is 2.36. The minimum atomic E-state index is -0.781. The zero-order valence-corrected chi connectivity index (χ0v) is 13.7. The summed E-state index contributed by atoms with van der Waals surface area (Å²) in [6, 6.07) is 1.75. The monoisotopic (exact) mass is 310 g/mol. The zero-order chi connectivity index (χ0) is 16.7. The number of hydrogen-bond acceptors (Lipinski definition) is 4. The lowest BCUT2D eigenvalue weighted by atomic mass is 9.97. The summed E-state index contributed by atoms with van der Waals surface area (Å²) in [6.07, 6.45) is 0.639. The Bertz CT molecular complexity index is 508. The van der Waals surface area contributed by atoms with Crippen LogP contribution >= 0.6 is 0 Å². The fourth-order valence-electron chi connectivity index (χ4n) is 2.36. The van der Waals surface area contributed by atoms with E-state index in [9.17, 15) is 14.7 Å². The number of nitrogens with one attached hydrogen (secondary N) is 2. The van der Waals surface area contributed by atoms with Crippen LogP contribution in [0.4, 0.5) is 0 Å². The van der Waals surface area contributed by atoms with E-state index in [2.05, 4.69) is 10.3 Å². The third kappa shape index (κ3) is 5.52. The molecule has 0 amide bonds. The van der Waals surface area contributed by atoms with Gasteiger partial charge in [-0.05, 0) is 32.3 Å². The molecule has 0 aliphatic carbocycles. The third-order valence-electron chi connectivity index (χ3n) is 3.38. The maximum absolute atomic E-state index is 11.7. The number of ether oxygens (including phenoxy) is 1. The van der Waals surface area contributed by atoms with E-state index in [0.717, 1.165) is 11.4 Å². The van der Waals surface area contributed by atoms with Crippen LogP contribution in [0.15, 0.2) is 6.07 Å². The van der Waals surface area contributed by atoms with Gasteiger partial charge in [-0.25, -0.2) is 4.79 Å². The quantitative estimate of drug-likeness (QED) is 0.609. The second-order valence-corrected chi connectivity index (χ2v) is 5.85. The molecule has 0 aliphatic rings. The van der Waals surface area contributed by atoms with Crippen LogP contribution in [0, 0.1) is 18.8 Å². The maximum Gasteiger partial charge on any atom is 0.339 e. The Morgan fingerprint density at radius 2 is 2.09 bits per heavy atom. The van der Waals surface area contributed by atoms with Crippen LogP contribution in [0.5, 0.6) is 0 Å². The number of aromatic amines is 1. The fraction of sp³-hybridized carbons (Fsp3) is 0.625. The Morgan fingerprint density at radius 3 is 2.64 bits per heavy atom. The second kappa shape index (κ2) is 8.58. The van der Waals surface area contributed by atoms with Gasteiger partial charge in [0, 0.05) is 24.5 Å². The summed E-state index contributed by atoms with van der Waals surface area (Å²) in [5, 5.41) is 12.3. The summed E-state index contributed by atoms with van der Waals surface area (Å²) in [7, 11) is 0. The van der Waals surface area contributed by atoms with Gasteiger partial charge in [0.2, 0.25) is 0 Å². The van der Waals surface area contributed by atoms with Gasteiger partial charge in [0.15, 0.2) is 0 Å². The summed E-state index contributed by atoms with van der Waals surface area (Å²) in [4.78, 5) is 26.0. The number of H-pyrrole nitrogens is 1. The van der Waals surface area contributed by atoms with Gasteiger partial charge in [-0.15, -0.1) is 0 Å². The van der Waals surface area contributed by atoms with Crippen molar-refractivity contribution in [3.05, 3.63) is 23.0 Å². The van der Waals surface area contributed by atoms with Crippen molar-refractivity contribution in [1.82, 2.24) is 10.3 Å². The molecule has 0 bridgehead atoms. The van der Waals surface area contributed by atoms with Crippen molar-refractivity contribution in [2.75, 3.05) is 13.2 Å². The summed E-state index contributed by atoms with van der Waals surface area (Å²) in [5.41, 5.74) is 2.12. The molecule has 124 valence electrons. The Labute approximate surface area is 131 Å². The molecule has 0 saturated heterocycles. The number of carboxylic acids is 1. The normalized spacial score (nSPS) is 12.4. The number of rotatable bonds is 9. The number of aliphatic carboxylic acids is 1. The van der Waals surface area contributed by atoms with Crippen LogP contribution in [0.3, 0.4) is 0 Å².